The van der Waals surface area contributed by atoms with Gasteiger partial charge in [0.2, 0.25) is 10.0 Å². The van der Waals surface area contributed by atoms with Crippen LogP contribution in [0.1, 0.15) is 12.1 Å². The zero-order valence-electron chi connectivity index (χ0n) is 6.81. The molecule has 0 amide bonds. The lowest BCUT2D eigenvalue weighted by Gasteiger charge is -2.05. The Morgan fingerprint density at radius 3 is 2.43 bits per heavy atom. The van der Waals surface area contributed by atoms with Gasteiger partial charge < -0.3 is 5.73 Å². The normalized spacial score (nSPS) is 12.0. The van der Waals surface area contributed by atoms with Gasteiger partial charge in [0.25, 0.3) is 6.43 Å². The number of sulfonamides is 1. The molecular weight excluding hydrogens is 216 g/mol. The molecule has 78 valence electrons. The maximum absolute atomic E-state index is 12.3. The van der Waals surface area contributed by atoms with Crippen molar-refractivity contribution in [2.45, 2.75) is 11.3 Å². The Hall–Kier alpha value is -1.28. The fourth-order valence-electron chi connectivity index (χ4n) is 0.862. The maximum atomic E-state index is 12.3. The summed E-state index contributed by atoms with van der Waals surface area (Å²) in [5.74, 6) is 0. The molecule has 0 radical (unpaired) electrons. The summed E-state index contributed by atoms with van der Waals surface area (Å²) in [4.78, 5) is 2.47. The minimum atomic E-state index is -4.22. The van der Waals surface area contributed by atoms with E-state index in [0.717, 1.165) is 12.3 Å². The van der Waals surface area contributed by atoms with Gasteiger partial charge in [0.1, 0.15) is 10.6 Å². The molecule has 0 fully saturated rings. The number of nitrogen functional groups attached to an aromatic ring is 1. The molecule has 1 rings (SSSR count). The predicted octanol–water partition coefficient (Wildman–Crippen LogP) is 0.249. The summed E-state index contributed by atoms with van der Waals surface area (Å²) >= 11 is 0. The summed E-state index contributed by atoms with van der Waals surface area (Å²) in [5, 5.41) is 4.71. The summed E-state index contributed by atoms with van der Waals surface area (Å²) in [5.41, 5.74) is 4.27. The smallest absolute Gasteiger partial charge is 0.281 e. The van der Waals surface area contributed by atoms with Crippen LogP contribution in [0.4, 0.5) is 14.5 Å². The molecule has 0 saturated carbocycles. The highest BCUT2D eigenvalue weighted by atomic mass is 32.2. The Morgan fingerprint density at radius 2 is 2.00 bits per heavy atom. The first-order chi connectivity index (χ1) is 6.32. The summed E-state index contributed by atoms with van der Waals surface area (Å²) in [6.45, 7) is 0. The Kier molecular flexibility index (Phi) is 2.67. The van der Waals surface area contributed by atoms with Crippen molar-refractivity contribution >= 4 is 15.7 Å². The van der Waals surface area contributed by atoms with Gasteiger partial charge in [-0.2, -0.15) is 0 Å². The predicted molar refractivity (Wildman–Crippen MR) is 45.0 cm³/mol. The van der Waals surface area contributed by atoms with Gasteiger partial charge in [0, 0.05) is 0 Å². The molecule has 0 aliphatic rings. The largest absolute Gasteiger partial charge is 0.397 e. The van der Waals surface area contributed by atoms with Crippen LogP contribution in [0.2, 0.25) is 0 Å². The molecular formula is C6H7F2N3O2S. The average Bonchev–Trinajstić information content (AvgIpc) is 2.01. The van der Waals surface area contributed by atoms with E-state index in [1.165, 1.54) is 0 Å². The lowest BCUT2D eigenvalue weighted by atomic mass is 10.3. The third kappa shape index (κ3) is 2.15. The number of pyridine rings is 1. The number of hydrogen-bond acceptors (Lipinski definition) is 4. The van der Waals surface area contributed by atoms with Gasteiger partial charge in [0.15, 0.2) is 0 Å². The van der Waals surface area contributed by atoms with Crippen molar-refractivity contribution in [2.75, 3.05) is 5.73 Å². The number of rotatable bonds is 2. The van der Waals surface area contributed by atoms with Crippen LogP contribution in [0.25, 0.3) is 0 Å². The van der Waals surface area contributed by atoms with Gasteiger partial charge >= 0.3 is 0 Å². The van der Waals surface area contributed by atoms with Crippen LogP contribution in [0, 0.1) is 0 Å². The highest BCUT2D eigenvalue weighted by Gasteiger charge is 2.22. The first-order valence-corrected chi connectivity index (χ1v) is 4.93. The van der Waals surface area contributed by atoms with E-state index >= 15 is 0 Å². The molecule has 8 heteroatoms. The molecule has 0 atom stereocenters. The number of aromatic nitrogens is 1. The summed E-state index contributed by atoms with van der Waals surface area (Å²) < 4.78 is 46.3. The van der Waals surface area contributed by atoms with Crippen molar-refractivity contribution in [2.24, 2.45) is 5.14 Å². The van der Waals surface area contributed by atoms with Gasteiger partial charge in [-0.25, -0.2) is 22.3 Å². The van der Waals surface area contributed by atoms with Gasteiger partial charge in [-0.15, -0.1) is 0 Å². The Morgan fingerprint density at radius 1 is 1.43 bits per heavy atom. The Balaban J connectivity index is 3.46. The third-order valence-electron chi connectivity index (χ3n) is 1.42. The molecule has 0 aliphatic carbocycles. The zero-order valence-corrected chi connectivity index (χ0v) is 7.63. The van der Waals surface area contributed by atoms with Crippen molar-refractivity contribution in [3.05, 3.63) is 18.0 Å². The topological polar surface area (TPSA) is 99.1 Å². The average molecular weight is 223 g/mol. The molecule has 0 spiro atoms. The van der Waals surface area contributed by atoms with Crippen molar-refractivity contribution in [1.82, 2.24) is 4.98 Å². The molecule has 1 aromatic heterocycles. The molecule has 0 saturated heterocycles. The highest BCUT2D eigenvalue weighted by Crippen LogP contribution is 2.24. The number of primary sulfonamides is 1. The zero-order chi connectivity index (χ0) is 10.9. The fourth-order valence-corrected chi connectivity index (χ4v) is 1.60. The van der Waals surface area contributed by atoms with E-state index in [4.69, 9.17) is 10.9 Å². The number of nitrogens with two attached hydrogens (primary N) is 2. The van der Waals surface area contributed by atoms with E-state index in [2.05, 4.69) is 4.98 Å². The van der Waals surface area contributed by atoms with Crippen LogP contribution in [0.15, 0.2) is 17.2 Å². The number of hydrogen-bond donors (Lipinski definition) is 2. The molecule has 4 N–H and O–H groups in total. The van der Waals surface area contributed by atoms with Crippen LogP contribution in [-0.2, 0) is 10.0 Å². The number of alkyl halides is 2. The lowest BCUT2D eigenvalue weighted by molar-refractivity contribution is 0.142. The molecule has 1 heterocycles. The second-order valence-electron chi connectivity index (χ2n) is 2.50. The lowest BCUT2D eigenvalue weighted by Crippen LogP contribution is -2.16. The summed E-state index contributed by atoms with van der Waals surface area (Å²) in [6.07, 6.45) is -2.07. The number of nitrogens with zero attached hydrogens (tertiary/aromatic N) is 1. The molecule has 0 unspecified atom stereocenters. The molecule has 0 bridgehead atoms. The minimum Gasteiger partial charge on any atom is -0.397 e. The van der Waals surface area contributed by atoms with Crippen LogP contribution in [0.5, 0.6) is 0 Å². The van der Waals surface area contributed by atoms with E-state index in [1.54, 1.807) is 0 Å². The number of halogens is 2. The minimum absolute atomic E-state index is 0.0431. The quantitative estimate of drug-likeness (QED) is 0.750. The highest BCUT2D eigenvalue weighted by molar-refractivity contribution is 7.89. The van der Waals surface area contributed by atoms with E-state index in [9.17, 15) is 17.2 Å². The summed E-state index contributed by atoms with van der Waals surface area (Å²) in [6, 6.07) is 0.851. The van der Waals surface area contributed by atoms with Gasteiger partial charge in [0.05, 0.1) is 11.9 Å². The molecule has 1 aromatic rings. The van der Waals surface area contributed by atoms with Crippen LogP contribution in [-0.4, -0.2) is 13.4 Å². The molecule has 0 aliphatic heterocycles. The first-order valence-electron chi connectivity index (χ1n) is 3.38. The van der Waals surface area contributed by atoms with Crippen LogP contribution >= 0.6 is 0 Å². The van der Waals surface area contributed by atoms with Crippen molar-refractivity contribution in [3.8, 4) is 0 Å². The van der Waals surface area contributed by atoms with Gasteiger partial charge in [-0.1, -0.05) is 0 Å². The SMILES string of the molecule is Nc1cnc(C(F)F)c(S(N)(=O)=O)c1. The van der Waals surface area contributed by atoms with Crippen LogP contribution < -0.4 is 10.9 Å². The van der Waals surface area contributed by atoms with E-state index < -0.39 is 27.0 Å². The van der Waals surface area contributed by atoms with Crippen molar-refractivity contribution in [1.29, 1.82) is 0 Å². The molecule has 14 heavy (non-hydrogen) atoms. The summed E-state index contributed by atoms with van der Waals surface area (Å²) in [7, 11) is -4.22. The van der Waals surface area contributed by atoms with Crippen molar-refractivity contribution in [3.63, 3.8) is 0 Å². The Bertz CT molecular complexity index is 446. The third-order valence-corrected chi connectivity index (χ3v) is 2.36. The van der Waals surface area contributed by atoms with Gasteiger partial charge in [-0.3, -0.25) is 4.98 Å². The monoisotopic (exact) mass is 223 g/mol. The Labute approximate surface area is 78.8 Å². The second kappa shape index (κ2) is 3.46. The maximum Gasteiger partial charge on any atom is 0.281 e. The standard InChI is InChI=1S/C6H7F2N3O2S/c7-6(8)5-4(14(10,12)13)1-3(9)2-11-5/h1-2,6H,9H2,(H2,10,12,13). The van der Waals surface area contributed by atoms with E-state index in [0.29, 0.717) is 0 Å². The van der Waals surface area contributed by atoms with Crippen molar-refractivity contribution < 1.29 is 17.2 Å². The molecule has 5 nitrogen and oxygen atoms in total. The second-order valence-corrected chi connectivity index (χ2v) is 4.03. The fraction of sp³-hybridized carbons (Fsp3) is 0.167. The first kappa shape index (κ1) is 10.8. The number of anilines is 1. The van der Waals surface area contributed by atoms with E-state index in [1.807, 2.05) is 0 Å². The van der Waals surface area contributed by atoms with E-state index in [-0.39, 0.29) is 5.69 Å². The van der Waals surface area contributed by atoms with Crippen LogP contribution in [0.3, 0.4) is 0 Å². The molecule has 0 aromatic carbocycles. The van der Waals surface area contributed by atoms with Gasteiger partial charge in [-0.05, 0) is 6.07 Å².